The number of likely N-dealkylation sites (N-methyl/N-ethyl adjacent to an activating group) is 1. The van der Waals surface area contributed by atoms with Crippen LogP contribution in [0, 0.1) is 0 Å². The number of sulfone groups is 1. The number of para-hydroxylation sites is 1. The van der Waals surface area contributed by atoms with Crippen molar-refractivity contribution in [1.82, 2.24) is 5.32 Å². The molecule has 1 aromatic carbocycles. The summed E-state index contributed by atoms with van der Waals surface area (Å²) in [5.74, 6) is 0.630. The molecule has 106 valence electrons. The van der Waals surface area contributed by atoms with Crippen LogP contribution >= 0.6 is 0 Å². The van der Waals surface area contributed by atoms with Crippen LogP contribution in [0.5, 0.6) is 0 Å². The van der Waals surface area contributed by atoms with E-state index in [2.05, 4.69) is 29.3 Å². The summed E-state index contributed by atoms with van der Waals surface area (Å²) in [4.78, 5) is 2.29. The Labute approximate surface area is 115 Å². The predicted molar refractivity (Wildman–Crippen MR) is 79.4 cm³/mol. The van der Waals surface area contributed by atoms with Gasteiger partial charge in [0.2, 0.25) is 0 Å². The Morgan fingerprint density at radius 1 is 1.32 bits per heavy atom. The summed E-state index contributed by atoms with van der Waals surface area (Å²) in [5, 5.41) is 3.35. The Morgan fingerprint density at radius 3 is 2.63 bits per heavy atom. The molecule has 1 fully saturated rings. The zero-order valence-corrected chi connectivity index (χ0v) is 12.2. The van der Waals surface area contributed by atoms with Gasteiger partial charge in [0, 0.05) is 31.4 Å². The van der Waals surface area contributed by atoms with Crippen LogP contribution in [0.1, 0.15) is 13.3 Å². The molecule has 0 bridgehead atoms. The molecule has 0 aliphatic carbocycles. The smallest absolute Gasteiger partial charge is 0.151 e. The van der Waals surface area contributed by atoms with Gasteiger partial charge in [-0.1, -0.05) is 18.2 Å². The third-order valence-corrected chi connectivity index (χ3v) is 5.32. The molecule has 1 saturated heterocycles. The molecule has 19 heavy (non-hydrogen) atoms. The van der Waals surface area contributed by atoms with E-state index in [0.29, 0.717) is 11.5 Å². The summed E-state index contributed by atoms with van der Waals surface area (Å²) >= 11 is 0. The van der Waals surface area contributed by atoms with Crippen LogP contribution in [-0.2, 0) is 9.84 Å². The molecule has 0 amide bonds. The molecule has 5 heteroatoms. The number of benzene rings is 1. The topological polar surface area (TPSA) is 49.4 Å². The van der Waals surface area contributed by atoms with Gasteiger partial charge in [0.15, 0.2) is 9.84 Å². The average Bonchev–Trinajstić information content (AvgIpc) is 2.75. The maximum atomic E-state index is 11.4. The highest BCUT2D eigenvalue weighted by molar-refractivity contribution is 7.91. The minimum atomic E-state index is -2.78. The molecule has 1 heterocycles. The number of nitrogens with one attached hydrogen (secondary N) is 1. The summed E-state index contributed by atoms with van der Waals surface area (Å²) in [6.45, 7) is 4.81. The summed E-state index contributed by atoms with van der Waals surface area (Å²) in [7, 11) is -2.78. The molecule has 0 spiro atoms. The molecule has 4 nitrogen and oxygen atoms in total. The van der Waals surface area contributed by atoms with Crippen molar-refractivity contribution in [3.63, 3.8) is 0 Å². The Kier molecular flexibility index (Phi) is 4.82. The van der Waals surface area contributed by atoms with E-state index >= 15 is 0 Å². The SMILES string of the molecule is CCN(CCNC1CCS(=O)(=O)C1)c1ccccc1. The van der Waals surface area contributed by atoms with Crippen molar-refractivity contribution in [3.05, 3.63) is 30.3 Å². The molecule has 1 aromatic rings. The molecule has 1 aliphatic heterocycles. The normalized spacial score (nSPS) is 21.4. The van der Waals surface area contributed by atoms with Gasteiger partial charge in [-0.3, -0.25) is 0 Å². The van der Waals surface area contributed by atoms with Crippen molar-refractivity contribution in [3.8, 4) is 0 Å². The average molecular weight is 282 g/mol. The predicted octanol–water partition coefficient (Wildman–Crippen LogP) is 1.29. The lowest BCUT2D eigenvalue weighted by molar-refractivity contribution is 0.553. The molecule has 0 saturated carbocycles. The van der Waals surface area contributed by atoms with Crippen LogP contribution in [0.25, 0.3) is 0 Å². The standard InChI is InChI=1S/C14H22N2O2S/c1-2-16(14-6-4-3-5-7-14)10-9-15-13-8-11-19(17,18)12-13/h3-7,13,15H,2,8-12H2,1H3. The van der Waals surface area contributed by atoms with E-state index in [-0.39, 0.29) is 6.04 Å². The van der Waals surface area contributed by atoms with E-state index in [1.165, 1.54) is 5.69 Å². The van der Waals surface area contributed by atoms with E-state index in [1.807, 2.05) is 18.2 Å². The number of rotatable bonds is 6. The number of hydrogen-bond acceptors (Lipinski definition) is 4. The number of anilines is 1. The molecule has 1 atom stereocenters. The lowest BCUT2D eigenvalue weighted by atomic mass is 10.2. The first-order valence-corrected chi connectivity index (χ1v) is 8.66. The summed E-state index contributed by atoms with van der Waals surface area (Å²) < 4.78 is 22.7. The van der Waals surface area contributed by atoms with Crippen molar-refractivity contribution in [2.45, 2.75) is 19.4 Å². The lowest BCUT2D eigenvalue weighted by Crippen LogP contribution is -2.37. The van der Waals surface area contributed by atoms with Gasteiger partial charge in [-0.15, -0.1) is 0 Å². The molecule has 1 N–H and O–H groups in total. The van der Waals surface area contributed by atoms with Crippen molar-refractivity contribution in [2.75, 3.05) is 36.0 Å². The van der Waals surface area contributed by atoms with E-state index in [9.17, 15) is 8.42 Å². The van der Waals surface area contributed by atoms with Crippen LogP contribution in [0.3, 0.4) is 0 Å². The fraction of sp³-hybridized carbons (Fsp3) is 0.571. The van der Waals surface area contributed by atoms with E-state index in [1.54, 1.807) is 0 Å². The Morgan fingerprint density at radius 2 is 2.05 bits per heavy atom. The maximum absolute atomic E-state index is 11.4. The monoisotopic (exact) mass is 282 g/mol. The number of nitrogens with zero attached hydrogens (tertiary/aromatic N) is 1. The Hall–Kier alpha value is -1.07. The number of hydrogen-bond donors (Lipinski definition) is 1. The fourth-order valence-corrected chi connectivity index (χ4v) is 4.18. The van der Waals surface area contributed by atoms with Gasteiger partial charge in [-0.05, 0) is 25.5 Å². The third-order valence-electron chi connectivity index (χ3n) is 3.55. The molecule has 1 unspecified atom stereocenters. The zero-order chi connectivity index (χ0) is 13.7. The van der Waals surface area contributed by atoms with Crippen molar-refractivity contribution in [1.29, 1.82) is 0 Å². The molecule has 0 aromatic heterocycles. The molecular weight excluding hydrogens is 260 g/mol. The van der Waals surface area contributed by atoms with Gasteiger partial charge in [0.05, 0.1) is 11.5 Å². The first-order chi connectivity index (χ1) is 9.11. The van der Waals surface area contributed by atoms with Gasteiger partial charge in [-0.2, -0.15) is 0 Å². The van der Waals surface area contributed by atoms with Gasteiger partial charge >= 0.3 is 0 Å². The third kappa shape index (κ3) is 4.21. The molecule has 2 rings (SSSR count). The van der Waals surface area contributed by atoms with E-state index < -0.39 is 9.84 Å². The highest BCUT2D eigenvalue weighted by atomic mass is 32.2. The van der Waals surface area contributed by atoms with Crippen molar-refractivity contribution >= 4 is 15.5 Å². The van der Waals surface area contributed by atoms with E-state index in [4.69, 9.17) is 0 Å². The lowest BCUT2D eigenvalue weighted by Gasteiger charge is -2.24. The van der Waals surface area contributed by atoms with Crippen LogP contribution in [0.4, 0.5) is 5.69 Å². The second kappa shape index (κ2) is 6.39. The second-order valence-corrected chi connectivity index (χ2v) is 7.20. The van der Waals surface area contributed by atoms with Crippen LogP contribution in [0.2, 0.25) is 0 Å². The first-order valence-electron chi connectivity index (χ1n) is 6.84. The van der Waals surface area contributed by atoms with Gasteiger partial charge in [-0.25, -0.2) is 8.42 Å². The highest BCUT2D eigenvalue weighted by Gasteiger charge is 2.27. The van der Waals surface area contributed by atoms with Crippen molar-refractivity contribution < 1.29 is 8.42 Å². The summed E-state index contributed by atoms with van der Waals surface area (Å²) in [6, 6.07) is 10.4. The van der Waals surface area contributed by atoms with Crippen molar-refractivity contribution in [2.24, 2.45) is 0 Å². The summed E-state index contributed by atoms with van der Waals surface area (Å²) in [6.07, 6.45) is 0.750. The minimum Gasteiger partial charge on any atom is -0.371 e. The highest BCUT2D eigenvalue weighted by Crippen LogP contribution is 2.13. The van der Waals surface area contributed by atoms with Gasteiger partial charge in [0.1, 0.15) is 0 Å². The van der Waals surface area contributed by atoms with Crippen LogP contribution < -0.4 is 10.2 Å². The zero-order valence-electron chi connectivity index (χ0n) is 11.4. The maximum Gasteiger partial charge on any atom is 0.151 e. The van der Waals surface area contributed by atoms with Crippen LogP contribution in [-0.4, -0.2) is 45.6 Å². The fourth-order valence-electron chi connectivity index (χ4n) is 2.47. The first kappa shape index (κ1) is 14.3. The van der Waals surface area contributed by atoms with Crippen LogP contribution in [0.15, 0.2) is 30.3 Å². The molecule has 1 aliphatic rings. The second-order valence-electron chi connectivity index (χ2n) is 4.97. The van der Waals surface area contributed by atoms with Gasteiger partial charge in [0.25, 0.3) is 0 Å². The quantitative estimate of drug-likeness (QED) is 0.854. The molecular formula is C14H22N2O2S. The Balaban J connectivity index is 1.78. The van der Waals surface area contributed by atoms with Gasteiger partial charge < -0.3 is 10.2 Å². The molecule has 0 radical (unpaired) electrons. The Bertz CT molecular complexity index is 487. The summed E-state index contributed by atoms with van der Waals surface area (Å²) in [5.41, 5.74) is 1.21. The van der Waals surface area contributed by atoms with E-state index in [0.717, 1.165) is 26.1 Å². The largest absolute Gasteiger partial charge is 0.371 e. The minimum absolute atomic E-state index is 0.138.